The van der Waals surface area contributed by atoms with Gasteiger partial charge in [-0.2, -0.15) is 0 Å². The second kappa shape index (κ2) is 11.3. The van der Waals surface area contributed by atoms with Crippen molar-refractivity contribution in [2.24, 2.45) is 5.92 Å². The molecule has 6 nitrogen and oxygen atoms in total. The lowest BCUT2D eigenvalue weighted by Crippen LogP contribution is -2.29. The molecule has 0 bridgehead atoms. The summed E-state index contributed by atoms with van der Waals surface area (Å²) in [5.74, 6) is 1.72. The van der Waals surface area contributed by atoms with Crippen molar-refractivity contribution in [1.29, 1.82) is 0 Å². The Morgan fingerprint density at radius 2 is 1.56 bits per heavy atom. The van der Waals surface area contributed by atoms with Crippen LogP contribution in [0.3, 0.4) is 0 Å². The Bertz CT molecular complexity index is 558. The zero-order valence-electron chi connectivity index (χ0n) is 15.7. The number of benzene rings is 1. The van der Waals surface area contributed by atoms with Crippen LogP contribution in [0, 0.1) is 5.92 Å². The SMILES string of the molecule is COc1ccc(CCNC(=O)CCC(=O)NCCC(C)C)cc1OC. The lowest BCUT2D eigenvalue weighted by atomic mass is 10.1. The highest BCUT2D eigenvalue weighted by Gasteiger charge is 2.08. The van der Waals surface area contributed by atoms with Crippen LogP contribution < -0.4 is 20.1 Å². The maximum atomic E-state index is 11.8. The first kappa shape index (κ1) is 20.8. The van der Waals surface area contributed by atoms with Gasteiger partial charge < -0.3 is 20.1 Å². The van der Waals surface area contributed by atoms with Crippen LogP contribution in [0.15, 0.2) is 18.2 Å². The first-order valence-corrected chi connectivity index (χ1v) is 8.70. The van der Waals surface area contributed by atoms with Gasteiger partial charge in [0, 0.05) is 25.9 Å². The summed E-state index contributed by atoms with van der Waals surface area (Å²) in [6.45, 7) is 5.40. The van der Waals surface area contributed by atoms with E-state index in [1.807, 2.05) is 18.2 Å². The van der Waals surface area contributed by atoms with E-state index in [4.69, 9.17) is 9.47 Å². The minimum absolute atomic E-state index is 0.0734. The van der Waals surface area contributed by atoms with Gasteiger partial charge in [0.1, 0.15) is 0 Å². The van der Waals surface area contributed by atoms with Crippen molar-refractivity contribution in [3.8, 4) is 11.5 Å². The zero-order valence-corrected chi connectivity index (χ0v) is 15.7. The van der Waals surface area contributed by atoms with Crippen LogP contribution in [0.25, 0.3) is 0 Å². The Morgan fingerprint density at radius 1 is 0.960 bits per heavy atom. The highest BCUT2D eigenvalue weighted by molar-refractivity contribution is 5.83. The molecule has 0 aliphatic rings. The molecule has 0 unspecified atom stereocenters. The molecule has 0 radical (unpaired) electrons. The number of carbonyl (C=O) groups excluding carboxylic acids is 2. The van der Waals surface area contributed by atoms with Crippen LogP contribution in [0.5, 0.6) is 11.5 Å². The van der Waals surface area contributed by atoms with E-state index >= 15 is 0 Å². The van der Waals surface area contributed by atoms with E-state index in [2.05, 4.69) is 24.5 Å². The van der Waals surface area contributed by atoms with Crippen molar-refractivity contribution in [2.75, 3.05) is 27.3 Å². The molecule has 0 spiro atoms. The first-order valence-electron chi connectivity index (χ1n) is 8.70. The molecule has 0 atom stereocenters. The normalized spacial score (nSPS) is 10.4. The van der Waals surface area contributed by atoms with Crippen molar-refractivity contribution in [2.45, 2.75) is 39.5 Å². The minimum Gasteiger partial charge on any atom is -0.493 e. The van der Waals surface area contributed by atoms with Gasteiger partial charge >= 0.3 is 0 Å². The monoisotopic (exact) mass is 350 g/mol. The summed E-state index contributed by atoms with van der Waals surface area (Å²) in [6.07, 6.45) is 2.07. The molecule has 2 amide bonds. The summed E-state index contributed by atoms with van der Waals surface area (Å²) in [5, 5.41) is 5.67. The van der Waals surface area contributed by atoms with E-state index in [0.29, 0.717) is 36.9 Å². The summed E-state index contributed by atoms with van der Waals surface area (Å²) in [4.78, 5) is 23.4. The standard InChI is InChI=1S/C19H30N2O4/c1-14(2)9-11-20-18(22)7-8-19(23)21-12-10-15-5-6-16(24-3)17(13-15)25-4/h5-6,13-14H,7-12H2,1-4H3,(H,20,22)(H,21,23). The molecular formula is C19H30N2O4. The Labute approximate surface area is 150 Å². The lowest BCUT2D eigenvalue weighted by Gasteiger charge is -2.10. The van der Waals surface area contributed by atoms with Crippen LogP contribution in [-0.2, 0) is 16.0 Å². The molecule has 0 fully saturated rings. The fourth-order valence-electron chi connectivity index (χ4n) is 2.29. The largest absolute Gasteiger partial charge is 0.493 e. The van der Waals surface area contributed by atoms with E-state index in [0.717, 1.165) is 12.0 Å². The van der Waals surface area contributed by atoms with E-state index in [9.17, 15) is 9.59 Å². The third-order valence-electron chi connectivity index (χ3n) is 3.81. The van der Waals surface area contributed by atoms with E-state index in [-0.39, 0.29) is 24.7 Å². The Morgan fingerprint density at radius 3 is 2.12 bits per heavy atom. The van der Waals surface area contributed by atoms with Crippen molar-refractivity contribution in [3.05, 3.63) is 23.8 Å². The minimum atomic E-state index is -0.112. The van der Waals surface area contributed by atoms with Crippen molar-refractivity contribution < 1.29 is 19.1 Å². The van der Waals surface area contributed by atoms with E-state index in [1.54, 1.807) is 14.2 Å². The number of amides is 2. The predicted octanol–water partition coefficient (Wildman–Crippen LogP) is 2.30. The number of hydrogen-bond acceptors (Lipinski definition) is 4. The molecule has 0 aliphatic heterocycles. The van der Waals surface area contributed by atoms with Crippen molar-refractivity contribution >= 4 is 11.8 Å². The van der Waals surface area contributed by atoms with Gasteiger partial charge in [-0.1, -0.05) is 19.9 Å². The third-order valence-corrected chi connectivity index (χ3v) is 3.81. The van der Waals surface area contributed by atoms with Crippen molar-refractivity contribution in [1.82, 2.24) is 10.6 Å². The molecule has 0 heterocycles. The summed E-state index contributed by atoms with van der Waals surface area (Å²) < 4.78 is 10.5. The van der Waals surface area contributed by atoms with Crippen LogP contribution in [0.4, 0.5) is 0 Å². The van der Waals surface area contributed by atoms with Crippen LogP contribution in [-0.4, -0.2) is 39.1 Å². The van der Waals surface area contributed by atoms with Gasteiger partial charge in [0.2, 0.25) is 11.8 Å². The van der Waals surface area contributed by atoms with Gasteiger partial charge in [-0.25, -0.2) is 0 Å². The topological polar surface area (TPSA) is 76.7 Å². The molecule has 0 aromatic heterocycles. The maximum absolute atomic E-state index is 11.8. The summed E-state index contributed by atoms with van der Waals surface area (Å²) in [7, 11) is 3.19. The predicted molar refractivity (Wildman–Crippen MR) is 98.0 cm³/mol. The maximum Gasteiger partial charge on any atom is 0.220 e. The van der Waals surface area contributed by atoms with E-state index in [1.165, 1.54) is 0 Å². The molecule has 0 saturated carbocycles. The summed E-state index contributed by atoms with van der Waals surface area (Å²) >= 11 is 0. The Balaban J connectivity index is 2.25. The van der Waals surface area contributed by atoms with Gasteiger partial charge in [-0.05, 0) is 36.5 Å². The number of carbonyl (C=O) groups is 2. The van der Waals surface area contributed by atoms with Crippen LogP contribution in [0.1, 0.15) is 38.7 Å². The molecule has 6 heteroatoms. The molecule has 25 heavy (non-hydrogen) atoms. The van der Waals surface area contributed by atoms with Gasteiger partial charge in [0.05, 0.1) is 14.2 Å². The van der Waals surface area contributed by atoms with Gasteiger partial charge in [-0.3, -0.25) is 9.59 Å². The van der Waals surface area contributed by atoms with Crippen LogP contribution in [0.2, 0.25) is 0 Å². The molecule has 0 saturated heterocycles. The van der Waals surface area contributed by atoms with Gasteiger partial charge in [-0.15, -0.1) is 0 Å². The Hall–Kier alpha value is -2.24. The number of methoxy groups -OCH3 is 2. The molecule has 2 N–H and O–H groups in total. The van der Waals surface area contributed by atoms with E-state index < -0.39 is 0 Å². The number of ether oxygens (including phenoxy) is 2. The smallest absolute Gasteiger partial charge is 0.220 e. The molecule has 1 aromatic carbocycles. The van der Waals surface area contributed by atoms with Gasteiger partial charge in [0.25, 0.3) is 0 Å². The zero-order chi connectivity index (χ0) is 18.7. The first-order chi connectivity index (χ1) is 12.0. The Kier molecular flexibility index (Phi) is 9.43. The average Bonchev–Trinajstić information content (AvgIpc) is 2.59. The van der Waals surface area contributed by atoms with Crippen molar-refractivity contribution in [3.63, 3.8) is 0 Å². The van der Waals surface area contributed by atoms with Crippen LogP contribution >= 0.6 is 0 Å². The second-order valence-electron chi connectivity index (χ2n) is 6.32. The highest BCUT2D eigenvalue weighted by atomic mass is 16.5. The molecular weight excluding hydrogens is 320 g/mol. The molecule has 0 aliphatic carbocycles. The van der Waals surface area contributed by atoms with Gasteiger partial charge in [0.15, 0.2) is 11.5 Å². The average molecular weight is 350 g/mol. The second-order valence-corrected chi connectivity index (χ2v) is 6.32. The quantitative estimate of drug-likeness (QED) is 0.642. The summed E-state index contributed by atoms with van der Waals surface area (Å²) in [5.41, 5.74) is 1.05. The number of rotatable bonds is 11. The number of hydrogen-bond donors (Lipinski definition) is 2. The fraction of sp³-hybridized carbons (Fsp3) is 0.579. The third kappa shape index (κ3) is 8.42. The number of nitrogens with one attached hydrogen (secondary N) is 2. The molecule has 140 valence electrons. The molecule has 1 rings (SSSR count). The summed E-state index contributed by atoms with van der Waals surface area (Å²) in [6, 6.07) is 5.68. The highest BCUT2D eigenvalue weighted by Crippen LogP contribution is 2.27. The molecule has 1 aromatic rings. The lowest BCUT2D eigenvalue weighted by molar-refractivity contribution is -0.126. The fourth-order valence-corrected chi connectivity index (χ4v) is 2.29.